The molecule has 0 radical (unpaired) electrons. The van der Waals surface area contributed by atoms with Gasteiger partial charge in [-0.15, -0.1) is 0 Å². The zero-order chi connectivity index (χ0) is 24.1. The summed E-state index contributed by atoms with van der Waals surface area (Å²) in [5.74, 6) is -1.47. The molecule has 0 fully saturated rings. The van der Waals surface area contributed by atoms with Crippen molar-refractivity contribution in [2.24, 2.45) is 0 Å². The Labute approximate surface area is 193 Å². The number of hydrogen-bond acceptors (Lipinski definition) is 5. The van der Waals surface area contributed by atoms with Crippen LogP contribution in [0.25, 0.3) is 5.69 Å². The second-order valence-corrected chi connectivity index (χ2v) is 7.50. The van der Waals surface area contributed by atoms with E-state index in [-0.39, 0.29) is 30.4 Å². The van der Waals surface area contributed by atoms with Gasteiger partial charge in [0.25, 0.3) is 5.91 Å². The Balaban J connectivity index is 1.45. The van der Waals surface area contributed by atoms with Crippen LogP contribution in [0, 0.1) is 12.7 Å². The number of amides is 2. The molecule has 0 bridgehead atoms. The molecule has 10 heteroatoms. The van der Waals surface area contributed by atoms with Crippen molar-refractivity contribution in [2.75, 3.05) is 5.32 Å². The van der Waals surface area contributed by atoms with Crippen molar-refractivity contribution < 1.29 is 14.0 Å². The molecule has 0 spiro atoms. The molecule has 2 amide bonds. The molecular formula is C24H21FN6O3. The molecule has 34 heavy (non-hydrogen) atoms. The fourth-order valence-corrected chi connectivity index (χ4v) is 3.34. The van der Waals surface area contributed by atoms with E-state index in [4.69, 9.17) is 0 Å². The normalized spacial score (nSPS) is 10.6. The van der Waals surface area contributed by atoms with Crippen molar-refractivity contribution in [3.05, 3.63) is 106 Å². The molecule has 0 aliphatic rings. The first-order valence-corrected chi connectivity index (χ1v) is 10.4. The van der Waals surface area contributed by atoms with Gasteiger partial charge in [0.1, 0.15) is 18.0 Å². The molecule has 172 valence electrons. The van der Waals surface area contributed by atoms with E-state index in [1.54, 1.807) is 55.7 Å². The maximum absolute atomic E-state index is 14.2. The molecule has 2 N–H and O–H groups in total. The average molecular weight is 460 g/mol. The standard InChI is InChI=1S/C24H21FN6O3/c1-16-12-21(32)23(29-31(16)20-9-3-2-8-19(20)25)24(34)26-14-17-6-4-7-18(13-17)28-22(33)15-30-11-5-10-27-30/h2-13H,14-15H2,1H3,(H,26,34)(H,28,33). The number of anilines is 1. The Hall–Kier alpha value is -4.60. The van der Waals surface area contributed by atoms with Gasteiger partial charge in [0.05, 0.1) is 0 Å². The minimum Gasteiger partial charge on any atom is -0.346 e. The van der Waals surface area contributed by atoms with E-state index in [1.807, 2.05) is 0 Å². The summed E-state index contributed by atoms with van der Waals surface area (Å²) < 4.78 is 16.9. The van der Waals surface area contributed by atoms with Crippen LogP contribution in [0.2, 0.25) is 0 Å². The van der Waals surface area contributed by atoms with Gasteiger partial charge in [-0.05, 0) is 42.8 Å². The van der Waals surface area contributed by atoms with Gasteiger partial charge >= 0.3 is 0 Å². The topological polar surface area (TPSA) is 111 Å². The van der Waals surface area contributed by atoms with Gasteiger partial charge in [0, 0.05) is 36.4 Å². The molecule has 0 unspecified atom stereocenters. The minimum absolute atomic E-state index is 0.0708. The fourth-order valence-electron chi connectivity index (χ4n) is 3.34. The molecule has 2 aromatic carbocycles. The number of nitrogens with one attached hydrogen (secondary N) is 2. The van der Waals surface area contributed by atoms with Crippen LogP contribution >= 0.6 is 0 Å². The Morgan fingerprint density at radius 2 is 1.88 bits per heavy atom. The predicted octanol–water partition coefficient (Wildman–Crippen LogP) is 2.45. The Morgan fingerprint density at radius 3 is 2.65 bits per heavy atom. The molecule has 2 aromatic heterocycles. The van der Waals surface area contributed by atoms with Crippen LogP contribution in [0.15, 0.2) is 77.9 Å². The van der Waals surface area contributed by atoms with Crippen LogP contribution in [0.3, 0.4) is 0 Å². The predicted molar refractivity (Wildman–Crippen MR) is 123 cm³/mol. The van der Waals surface area contributed by atoms with Crippen molar-refractivity contribution in [3.8, 4) is 5.69 Å². The Kier molecular flexibility index (Phi) is 6.58. The molecule has 0 atom stereocenters. The highest BCUT2D eigenvalue weighted by molar-refractivity contribution is 5.92. The first-order valence-electron chi connectivity index (χ1n) is 10.4. The number of para-hydroxylation sites is 1. The summed E-state index contributed by atoms with van der Waals surface area (Å²) in [4.78, 5) is 37.2. The molecule has 4 aromatic rings. The smallest absolute Gasteiger partial charge is 0.276 e. The number of carbonyl (C=O) groups is 2. The highest BCUT2D eigenvalue weighted by Gasteiger charge is 2.16. The number of carbonyl (C=O) groups excluding carboxylic acids is 2. The zero-order valence-corrected chi connectivity index (χ0v) is 18.2. The maximum Gasteiger partial charge on any atom is 0.276 e. The molecule has 0 aliphatic heterocycles. The lowest BCUT2D eigenvalue weighted by Crippen LogP contribution is -2.31. The molecular weight excluding hydrogens is 439 g/mol. The number of hydrogen-bond donors (Lipinski definition) is 2. The first-order chi connectivity index (χ1) is 16.4. The van der Waals surface area contributed by atoms with Gasteiger partial charge in [-0.1, -0.05) is 24.3 Å². The highest BCUT2D eigenvalue weighted by atomic mass is 19.1. The lowest BCUT2D eigenvalue weighted by molar-refractivity contribution is -0.116. The number of benzene rings is 2. The van der Waals surface area contributed by atoms with E-state index in [1.165, 1.54) is 33.6 Å². The van der Waals surface area contributed by atoms with Crippen molar-refractivity contribution in [1.82, 2.24) is 24.9 Å². The number of nitrogens with zero attached hydrogens (tertiary/aromatic N) is 4. The van der Waals surface area contributed by atoms with E-state index < -0.39 is 17.2 Å². The summed E-state index contributed by atoms with van der Waals surface area (Å²) in [6.45, 7) is 1.77. The third kappa shape index (κ3) is 5.23. The van der Waals surface area contributed by atoms with E-state index in [0.717, 1.165) is 0 Å². The molecule has 0 saturated carbocycles. The monoisotopic (exact) mass is 460 g/mol. The van der Waals surface area contributed by atoms with E-state index in [0.29, 0.717) is 16.9 Å². The molecule has 0 aliphatic carbocycles. The minimum atomic E-state index is -0.691. The van der Waals surface area contributed by atoms with Gasteiger partial charge in [-0.3, -0.25) is 19.1 Å². The Morgan fingerprint density at radius 1 is 1.06 bits per heavy atom. The lowest BCUT2D eigenvalue weighted by Gasteiger charge is -2.12. The summed E-state index contributed by atoms with van der Waals surface area (Å²) in [5, 5.41) is 13.5. The number of aryl methyl sites for hydroxylation is 1. The summed E-state index contributed by atoms with van der Waals surface area (Å²) in [5.41, 5.74) is 0.864. The molecule has 4 rings (SSSR count). The maximum atomic E-state index is 14.2. The van der Waals surface area contributed by atoms with Crippen LogP contribution in [0.4, 0.5) is 10.1 Å². The molecule has 2 heterocycles. The molecule has 9 nitrogen and oxygen atoms in total. The largest absolute Gasteiger partial charge is 0.346 e. The zero-order valence-electron chi connectivity index (χ0n) is 18.2. The van der Waals surface area contributed by atoms with E-state index in [2.05, 4.69) is 20.8 Å². The second kappa shape index (κ2) is 9.90. The summed E-state index contributed by atoms with van der Waals surface area (Å²) in [7, 11) is 0. The number of aromatic nitrogens is 4. The number of rotatable bonds is 7. The van der Waals surface area contributed by atoms with Gasteiger partial charge in [0.15, 0.2) is 5.69 Å². The van der Waals surface area contributed by atoms with Crippen LogP contribution in [-0.4, -0.2) is 31.4 Å². The summed E-state index contributed by atoms with van der Waals surface area (Å²) in [6.07, 6.45) is 3.27. The third-order valence-electron chi connectivity index (χ3n) is 4.93. The Bertz CT molecular complexity index is 1400. The van der Waals surface area contributed by atoms with Crippen molar-refractivity contribution in [2.45, 2.75) is 20.0 Å². The fraction of sp³-hybridized carbons (Fsp3) is 0.125. The van der Waals surface area contributed by atoms with Crippen LogP contribution in [-0.2, 0) is 17.9 Å². The van der Waals surface area contributed by atoms with Crippen molar-refractivity contribution >= 4 is 17.5 Å². The third-order valence-corrected chi connectivity index (χ3v) is 4.93. The van der Waals surface area contributed by atoms with Crippen LogP contribution in [0.1, 0.15) is 21.7 Å². The van der Waals surface area contributed by atoms with Gasteiger partial charge < -0.3 is 10.6 Å². The average Bonchev–Trinajstić information content (AvgIpc) is 3.31. The number of halogens is 1. The quantitative estimate of drug-likeness (QED) is 0.440. The van der Waals surface area contributed by atoms with Gasteiger partial charge in [-0.25, -0.2) is 9.07 Å². The highest BCUT2D eigenvalue weighted by Crippen LogP contribution is 2.14. The molecule has 0 saturated heterocycles. The van der Waals surface area contributed by atoms with Crippen molar-refractivity contribution in [3.63, 3.8) is 0 Å². The first kappa shape index (κ1) is 22.6. The summed E-state index contributed by atoms with van der Waals surface area (Å²) >= 11 is 0. The van der Waals surface area contributed by atoms with Crippen molar-refractivity contribution in [1.29, 1.82) is 0 Å². The summed E-state index contributed by atoms with van der Waals surface area (Å²) in [6, 6.07) is 15.9. The van der Waals surface area contributed by atoms with Gasteiger partial charge in [-0.2, -0.15) is 10.2 Å². The SMILES string of the molecule is Cc1cc(=O)c(C(=O)NCc2cccc(NC(=O)Cn3cccn3)c2)nn1-c1ccccc1F. The van der Waals surface area contributed by atoms with Gasteiger partial charge in [0.2, 0.25) is 11.3 Å². The van der Waals surface area contributed by atoms with E-state index >= 15 is 0 Å². The van der Waals surface area contributed by atoms with E-state index in [9.17, 15) is 18.8 Å². The van der Waals surface area contributed by atoms with Crippen LogP contribution in [0.5, 0.6) is 0 Å². The second-order valence-electron chi connectivity index (χ2n) is 7.50. The van der Waals surface area contributed by atoms with Crippen LogP contribution < -0.4 is 16.1 Å². The lowest BCUT2D eigenvalue weighted by atomic mass is 10.2.